The predicted octanol–water partition coefficient (Wildman–Crippen LogP) is 3.29. The highest BCUT2D eigenvalue weighted by Gasteiger charge is 2.40. The lowest BCUT2D eigenvalue weighted by molar-refractivity contribution is -0.137. The van der Waals surface area contributed by atoms with Gasteiger partial charge in [-0.1, -0.05) is 45.3 Å². The molecule has 1 aliphatic carbocycles. The first-order valence-corrected chi connectivity index (χ1v) is 10.5. The lowest BCUT2D eigenvalue weighted by atomic mass is 9.87. The highest BCUT2D eigenvalue weighted by molar-refractivity contribution is 5.90. The van der Waals surface area contributed by atoms with Crippen molar-refractivity contribution in [2.24, 2.45) is 17.8 Å². The maximum Gasteiger partial charge on any atom is 0.303 e. The molecule has 0 heterocycles. The summed E-state index contributed by atoms with van der Waals surface area (Å²) in [6, 6.07) is 0. The average Bonchev–Trinajstić information content (AvgIpc) is 2.88. The van der Waals surface area contributed by atoms with Crippen molar-refractivity contribution in [1.29, 1.82) is 0 Å². The standard InChI is InChI=1S/C22H36O6/c1-3-4-7-15(2)12-17(24)10-11-18-19(21(26)14-20(18)25)13-16(23)8-5-6-9-22(27)28/h10-11,15,17-20,24-25H,3-9,12-14H2,1-2H3,(H,27,28). The zero-order valence-corrected chi connectivity index (χ0v) is 17.2. The molecule has 0 radical (unpaired) electrons. The molecule has 28 heavy (non-hydrogen) atoms. The number of aliphatic hydroxyl groups excluding tert-OH is 2. The molecule has 5 atom stereocenters. The third-order valence-electron chi connectivity index (χ3n) is 5.53. The lowest BCUT2D eigenvalue weighted by Crippen LogP contribution is -2.22. The predicted molar refractivity (Wildman–Crippen MR) is 107 cm³/mol. The van der Waals surface area contributed by atoms with Crippen LogP contribution in [0.4, 0.5) is 0 Å². The van der Waals surface area contributed by atoms with E-state index in [1.54, 1.807) is 12.2 Å². The van der Waals surface area contributed by atoms with E-state index >= 15 is 0 Å². The smallest absolute Gasteiger partial charge is 0.303 e. The number of aliphatic carboxylic acids is 1. The fraction of sp³-hybridized carbons (Fsp3) is 0.773. The third-order valence-corrected chi connectivity index (χ3v) is 5.53. The van der Waals surface area contributed by atoms with Gasteiger partial charge in [-0.05, 0) is 25.2 Å². The highest BCUT2D eigenvalue weighted by Crippen LogP contribution is 2.33. The topological polar surface area (TPSA) is 112 Å². The van der Waals surface area contributed by atoms with Crippen molar-refractivity contribution in [3.8, 4) is 0 Å². The number of ketones is 2. The first-order valence-electron chi connectivity index (χ1n) is 10.5. The van der Waals surface area contributed by atoms with E-state index in [2.05, 4.69) is 13.8 Å². The first kappa shape index (κ1) is 24.5. The van der Waals surface area contributed by atoms with Gasteiger partial charge in [-0.2, -0.15) is 0 Å². The molecule has 160 valence electrons. The minimum absolute atomic E-state index is 0.0360. The number of hydrogen-bond donors (Lipinski definition) is 3. The van der Waals surface area contributed by atoms with Gasteiger partial charge < -0.3 is 15.3 Å². The normalized spacial score (nSPS) is 24.6. The van der Waals surface area contributed by atoms with Crippen LogP contribution in [-0.4, -0.2) is 45.1 Å². The Bertz CT molecular complexity index is 541. The highest BCUT2D eigenvalue weighted by atomic mass is 16.4. The molecule has 6 nitrogen and oxygen atoms in total. The number of Topliss-reactive ketones (excluding diaryl/α,β-unsaturated/α-hetero) is 2. The minimum Gasteiger partial charge on any atom is -0.481 e. The van der Waals surface area contributed by atoms with Crippen LogP contribution < -0.4 is 0 Å². The van der Waals surface area contributed by atoms with E-state index < -0.39 is 30.0 Å². The Hall–Kier alpha value is -1.53. The fourth-order valence-corrected chi connectivity index (χ4v) is 3.85. The molecule has 0 aliphatic heterocycles. The summed E-state index contributed by atoms with van der Waals surface area (Å²) in [6.07, 6.45) is 7.19. The molecule has 0 saturated heterocycles. The zero-order valence-electron chi connectivity index (χ0n) is 17.2. The number of aliphatic hydroxyl groups is 2. The molecule has 0 aromatic heterocycles. The van der Waals surface area contributed by atoms with Crippen molar-refractivity contribution < 1.29 is 29.7 Å². The summed E-state index contributed by atoms with van der Waals surface area (Å²) >= 11 is 0. The van der Waals surface area contributed by atoms with Gasteiger partial charge in [-0.3, -0.25) is 14.4 Å². The lowest BCUT2D eigenvalue weighted by Gasteiger charge is -2.18. The summed E-state index contributed by atoms with van der Waals surface area (Å²) in [4.78, 5) is 34.9. The molecule has 1 saturated carbocycles. The van der Waals surface area contributed by atoms with Gasteiger partial charge in [-0.15, -0.1) is 0 Å². The maximum atomic E-state index is 12.2. The van der Waals surface area contributed by atoms with Crippen molar-refractivity contribution in [2.45, 2.75) is 90.3 Å². The van der Waals surface area contributed by atoms with Crippen LogP contribution >= 0.6 is 0 Å². The van der Waals surface area contributed by atoms with Crippen LogP contribution in [0.3, 0.4) is 0 Å². The Morgan fingerprint density at radius 3 is 2.54 bits per heavy atom. The van der Waals surface area contributed by atoms with Crippen LogP contribution in [0.1, 0.15) is 78.1 Å². The van der Waals surface area contributed by atoms with Gasteiger partial charge in [-0.25, -0.2) is 0 Å². The van der Waals surface area contributed by atoms with Gasteiger partial charge in [0.2, 0.25) is 0 Å². The molecule has 5 unspecified atom stereocenters. The van der Waals surface area contributed by atoms with Crippen LogP contribution in [0, 0.1) is 17.8 Å². The Kier molecular flexibility index (Phi) is 11.2. The van der Waals surface area contributed by atoms with Crippen LogP contribution in [0.2, 0.25) is 0 Å². The van der Waals surface area contributed by atoms with Crippen molar-refractivity contribution in [2.75, 3.05) is 0 Å². The summed E-state index contributed by atoms with van der Waals surface area (Å²) in [7, 11) is 0. The molecule has 6 heteroatoms. The molecule has 0 bridgehead atoms. The summed E-state index contributed by atoms with van der Waals surface area (Å²) in [5.74, 6) is -1.68. The molecular weight excluding hydrogens is 360 g/mol. The SMILES string of the molecule is CCCCC(C)CC(O)C=CC1C(O)CC(=O)C1CC(=O)CCCCC(=O)O. The summed E-state index contributed by atoms with van der Waals surface area (Å²) in [5, 5.41) is 29.0. The third kappa shape index (κ3) is 9.11. The van der Waals surface area contributed by atoms with E-state index in [0.29, 0.717) is 25.2 Å². The number of carbonyl (C=O) groups is 3. The number of carboxylic acid groups (broad SMARTS) is 1. The molecule has 1 rings (SSSR count). The Balaban J connectivity index is 2.54. The molecule has 1 fully saturated rings. The van der Waals surface area contributed by atoms with Gasteiger partial charge >= 0.3 is 5.97 Å². The number of hydrogen-bond acceptors (Lipinski definition) is 5. The number of unbranched alkanes of at least 4 members (excludes halogenated alkanes) is 2. The summed E-state index contributed by atoms with van der Waals surface area (Å²) in [5.41, 5.74) is 0. The van der Waals surface area contributed by atoms with Gasteiger partial charge in [0.05, 0.1) is 12.2 Å². The van der Waals surface area contributed by atoms with E-state index in [-0.39, 0.29) is 37.2 Å². The first-order chi connectivity index (χ1) is 13.2. The second-order valence-corrected chi connectivity index (χ2v) is 8.20. The van der Waals surface area contributed by atoms with Crippen LogP contribution in [-0.2, 0) is 14.4 Å². The molecule has 0 aromatic carbocycles. The molecule has 0 amide bonds. The number of carbonyl (C=O) groups excluding carboxylic acids is 2. The van der Waals surface area contributed by atoms with Gasteiger partial charge in [0.15, 0.2) is 0 Å². The second-order valence-electron chi connectivity index (χ2n) is 8.20. The minimum atomic E-state index is -0.880. The summed E-state index contributed by atoms with van der Waals surface area (Å²) in [6.45, 7) is 4.24. The van der Waals surface area contributed by atoms with Crippen LogP contribution in [0.5, 0.6) is 0 Å². The molecular formula is C22H36O6. The van der Waals surface area contributed by atoms with Crippen molar-refractivity contribution >= 4 is 17.5 Å². The molecule has 0 aromatic rings. The number of rotatable bonds is 14. The van der Waals surface area contributed by atoms with Gasteiger partial charge in [0, 0.05) is 37.5 Å². The Morgan fingerprint density at radius 2 is 1.89 bits per heavy atom. The fourth-order valence-electron chi connectivity index (χ4n) is 3.85. The van der Waals surface area contributed by atoms with Crippen LogP contribution in [0.25, 0.3) is 0 Å². The van der Waals surface area contributed by atoms with Gasteiger partial charge in [0.25, 0.3) is 0 Å². The summed E-state index contributed by atoms with van der Waals surface area (Å²) < 4.78 is 0. The van der Waals surface area contributed by atoms with Crippen molar-refractivity contribution in [3.05, 3.63) is 12.2 Å². The van der Waals surface area contributed by atoms with E-state index in [1.165, 1.54) is 0 Å². The molecule has 1 aliphatic rings. The van der Waals surface area contributed by atoms with E-state index in [1.807, 2.05) is 0 Å². The average molecular weight is 397 g/mol. The van der Waals surface area contributed by atoms with E-state index in [0.717, 1.165) is 19.3 Å². The largest absolute Gasteiger partial charge is 0.481 e. The molecule has 3 N–H and O–H groups in total. The zero-order chi connectivity index (χ0) is 21.1. The van der Waals surface area contributed by atoms with E-state index in [4.69, 9.17) is 5.11 Å². The number of carboxylic acids is 1. The van der Waals surface area contributed by atoms with Crippen molar-refractivity contribution in [3.63, 3.8) is 0 Å². The monoisotopic (exact) mass is 396 g/mol. The molecule has 0 spiro atoms. The van der Waals surface area contributed by atoms with Gasteiger partial charge in [0.1, 0.15) is 11.6 Å². The Labute approximate surface area is 168 Å². The second kappa shape index (κ2) is 12.8. The maximum absolute atomic E-state index is 12.2. The van der Waals surface area contributed by atoms with Crippen LogP contribution in [0.15, 0.2) is 12.2 Å². The van der Waals surface area contributed by atoms with Crippen molar-refractivity contribution in [1.82, 2.24) is 0 Å². The van der Waals surface area contributed by atoms with E-state index in [9.17, 15) is 24.6 Å². The quantitative estimate of drug-likeness (QED) is 0.307. The Morgan fingerprint density at radius 1 is 1.21 bits per heavy atom.